The molecule has 5 heteroatoms. The summed E-state index contributed by atoms with van der Waals surface area (Å²) in [7, 11) is 1.86. The highest BCUT2D eigenvalue weighted by Crippen LogP contribution is 2.19. The van der Waals surface area contributed by atoms with Crippen molar-refractivity contribution in [3.8, 4) is 0 Å². The molecule has 1 heterocycles. The second kappa shape index (κ2) is 4.62. The lowest BCUT2D eigenvalue weighted by molar-refractivity contribution is -0.124. The Bertz CT molecular complexity index is 204. The summed E-state index contributed by atoms with van der Waals surface area (Å²) in [5.41, 5.74) is 0. The zero-order valence-electron chi connectivity index (χ0n) is 7.87. The van der Waals surface area contributed by atoms with Crippen molar-refractivity contribution in [3.05, 3.63) is 0 Å². The number of carbonyl (C=O) groups is 2. The van der Waals surface area contributed by atoms with Crippen molar-refractivity contribution in [1.82, 2.24) is 10.2 Å². The molecule has 0 spiro atoms. The maximum absolute atomic E-state index is 11.2. The number of hydrogen-bond acceptors (Lipinski definition) is 4. The third-order valence-corrected chi connectivity index (χ3v) is 2.75. The van der Waals surface area contributed by atoms with Crippen molar-refractivity contribution >= 4 is 22.9 Å². The van der Waals surface area contributed by atoms with E-state index >= 15 is 0 Å². The van der Waals surface area contributed by atoms with Crippen LogP contribution in [0.15, 0.2) is 0 Å². The summed E-state index contributed by atoms with van der Waals surface area (Å²) in [4.78, 5) is 23.7. The first kappa shape index (κ1) is 10.5. The monoisotopic (exact) mass is 202 g/mol. The second-order valence-corrected chi connectivity index (χ2v) is 4.15. The molecule has 2 amide bonds. The van der Waals surface area contributed by atoms with E-state index < -0.39 is 0 Å². The topological polar surface area (TPSA) is 49.4 Å². The van der Waals surface area contributed by atoms with Crippen molar-refractivity contribution in [2.24, 2.45) is 5.92 Å². The first-order valence-electron chi connectivity index (χ1n) is 4.27. The van der Waals surface area contributed by atoms with Crippen molar-refractivity contribution in [2.45, 2.75) is 6.92 Å². The van der Waals surface area contributed by atoms with Gasteiger partial charge in [0.15, 0.2) is 0 Å². The number of nitrogens with zero attached hydrogens (tertiary/aromatic N) is 1. The van der Waals surface area contributed by atoms with Crippen LogP contribution in [-0.4, -0.2) is 41.9 Å². The van der Waals surface area contributed by atoms with Crippen LogP contribution in [0, 0.1) is 5.92 Å². The fourth-order valence-electron chi connectivity index (χ4n) is 1.28. The van der Waals surface area contributed by atoms with Crippen LogP contribution in [0.5, 0.6) is 0 Å². The number of thioether (sulfide) groups is 1. The third kappa shape index (κ3) is 2.70. The fourth-order valence-corrected chi connectivity index (χ4v) is 2.02. The number of imide groups is 1. The highest BCUT2D eigenvalue weighted by Gasteiger charge is 2.30. The minimum atomic E-state index is -0.104. The molecule has 0 aliphatic carbocycles. The summed E-state index contributed by atoms with van der Waals surface area (Å²) in [6, 6.07) is 0. The SMILES string of the molecule is CNCC(C)CN1C(=O)CSC1=O. The van der Waals surface area contributed by atoms with Gasteiger partial charge in [-0.15, -0.1) is 0 Å². The number of nitrogens with one attached hydrogen (secondary N) is 1. The molecule has 74 valence electrons. The lowest BCUT2D eigenvalue weighted by atomic mass is 10.1. The molecule has 0 aromatic carbocycles. The number of amides is 2. The average Bonchev–Trinajstić information content (AvgIpc) is 2.36. The molecule has 0 radical (unpaired) electrons. The molecule has 1 atom stereocenters. The second-order valence-electron chi connectivity index (χ2n) is 3.22. The molecular formula is C8H14N2O2S. The molecule has 0 aromatic rings. The van der Waals surface area contributed by atoms with Gasteiger partial charge in [-0.1, -0.05) is 18.7 Å². The molecule has 1 unspecified atom stereocenters. The minimum absolute atomic E-state index is 0.0575. The van der Waals surface area contributed by atoms with E-state index in [2.05, 4.69) is 5.32 Å². The standard InChI is InChI=1S/C8H14N2O2S/c1-6(3-9-2)4-10-7(11)5-13-8(10)12/h6,9H,3-5H2,1-2H3. The predicted molar refractivity (Wildman–Crippen MR) is 52.7 cm³/mol. The van der Waals surface area contributed by atoms with Gasteiger partial charge in [-0.25, -0.2) is 0 Å². The Hall–Kier alpha value is -0.550. The Morgan fingerprint density at radius 1 is 1.62 bits per heavy atom. The van der Waals surface area contributed by atoms with Gasteiger partial charge < -0.3 is 5.32 Å². The summed E-state index contributed by atoms with van der Waals surface area (Å²) >= 11 is 1.09. The van der Waals surface area contributed by atoms with Gasteiger partial charge in [0.05, 0.1) is 5.75 Å². The Kier molecular flexibility index (Phi) is 3.74. The van der Waals surface area contributed by atoms with E-state index in [-0.39, 0.29) is 11.1 Å². The average molecular weight is 202 g/mol. The van der Waals surface area contributed by atoms with Gasteiger partial charge in [0, 0.05) is 6.54 Å². The quantitative estimate of drug-likeness (QED) is 0.722. The summed E-state index contributed by atoms with van der Waals surface area (Å²) in [5, 5.41) is 2.91. The summed E-state index contributed by atoms with van der Waals surface area (Å²) in [6.07, 6.45) is 0. The maximum Gasteiger partial charge on any atom is 0.288 e. The van der Waals surface area contributed by atoms with Crippen LogP contribution in [0.1, 0.15) is 6.92 Å². The van der Waals surface area contributed by atoms with Crippen molar-refractivity contribution in [2.75, 3.05) is 25.9 Å². The van der Waals surface area contributed by atoms with Gasteiger partial charge >= 0.3 is 0 Å². The van der Waals surface area contributed by atoms with Crippen LogP contribution in [0.3, 0.4) is 0 Å². The van der Waals surface area contributed by atoms with Crippen molar-refractivity contribution in [1.29, 1.82) is 0 Å². The fraction of sp³-hybridized carbons (Fsp3) is 0.750. The third-order valence-electron chi connectivity index (χ3n) is 1.89. The smallest absolute Gasteiger partial charge is 0.288 e. The predicted octanol–water partition coefficient (Wildman–Crippen LogP) is 0.537. The van der Waals surface area contributed by atoms with Crippen LogP contribution < -0.4 is 5.32 Å². The van der Waals surface area contributed by atoms with Gasteiger partial charge in [-0.3, -0.25) is 14.5 Å². The van der Waals surface area contributed by atoms with E-state index in [0.717, 1.165) is 18.3 Å². The van der Waals surface area contributed by atoms with E-state index in [1.165, 1.54) is 4.90 Å². The van der Waals surface area contributed by atoms with E-state index in [4.69, 9.17) is 0 Å². The van der Waals surface area contributed by atoms with Gasteiger partial charge in [0.2, 0.25) is 5.91 Å². The van der Waals surface area contributed by atoms with Crippen LogP contribution in [0.4, 0.5) is 4.79 Å². The van der Waals surface area contributed by atoms with Crippen LogP contribution in [0.25, 0.3) is 0 Å². The van der Waals surface area contributed by atoms with Crippen LogP contribution in [0.2, 0.25) is 0 Å². The zero-order valence-corrected chi connectivity index (χ0v) is 8.69. The molecule has 13 heavy (non-hydrogen) atoms. The van der Waals surface area contributed by atoms with Gasteiger partial charge in [-0.2, -0.15) is 0 Å². The highest BCUT2D eigenvalue weighted by molar-refractivity contribution is 8.14. The zero-order chi connectivity index (χ0) is 9.84. The molecule has 1 fully saturated rings. The van der Waals surface area contributed by atoms with Crippen molar-refractivity contribution < 1.29 is 9.59 Å². The number of carbonyl (C=O) groups excluding carboxylic acids is 2. The van der Waals surface area contributed by atoms with Gasteiger partial charge in [0.25, 0.3) is 5.24 Å². The summed E-state index contributed by atoms with van der Waals surface area (Å²) in [6.45, 7) is 3.37. The lowest BCUT2D eigenvalue weighted by Crippen LogP contribution is -2.35. The van der Waals surface area contributed by atoms with Crippen LogP contribution in [-0.2, 0) is 4.79 Å². The van der Waals surface area contributed by atoms with E-state index in [0.29, 0.717) is 18.2 Å². The normalized spacial score (nSPS) is 19.7. The Morgan fingerprint density at radius 3 is 2.77 bits per heavy atom. The maximum atomic E-state index is 11.2. The minimum Gasteiger partial charge on any atom is -0.319 e. The summed E-state index contributed by atoms with van der Waals surface area (Å²) < 4.78 is 0. The van der Waals surface area contributed by atoms with Gasteiger partial charge in [-0.05, 0) is 19.5 Å². The Labute approximate surface area is 82.0 Å². The molecule has 1 aliphatic rings. The van der Waals surface area contributed by atoms with Crippen molar-refractivity contribution in [3.63, 3.8) is 0 Å². The highest BCUT2D eigenvalue weighted by atomic mass is 32.2. The molecule has 1 aliphatic heterocycles. The molecule has 1 N–H and O–H groups in total. The van der Waals surface area contributed by atoms with E-state index in [9.17, 15) is 9.59 Å². The Morgan fingerprint density at radius 2 is 2.31 bits per heavy atom. The van der Waals surface area contributed by atoms with E-state index in [1.807, 2.05) is 14.0 Å². The van der Waals surface area contributed by atoms with E-state index in [1.54, 1.807) is 0 Å². The first-order valence-corrected chi connectivity index (χ1v) is 5.25. The molecule has 4 nitrogen and oxygen atoms in total. The molecule has 0 saturated carbocycles. The molecule has 1 saturated heterocycles. The summed E-state index contributed by atoms with van der Waals surface area (Å²) in [5.74, 6) is 0.569. The van der Waals surface area contributed by atoms with Gasteiger partial charge in [0.1, 0.15) is 0 Å². The lowest BCUT2D eigenvalue weighted by Gasteiger charge is -2.17. The molecule has 0 bridgehead atoms. The molecule has 1 rings (SSSR count). The Balaban J connectivity index is 2.43. The number of hydrogen-bond donors (Lipinski definition) is 1. The number of rotatable bonds is 4. The molecular weight excluding hydrogens is 188 g/mol. The molecule has 0 aromatic heterocycles. The van der Waals surface area contributed by atoms with Crippen LogP contribution >= 0.6 is 11.8 Å². The first-order chi connectivity index (χ1) is 6.15. The largest absolute Gasteiger partial charge is 0.319 e.